The molecule has 1 heterocycles. The van der Waals surface area contributed by atoms with E-state index in [-0.39, 0.29) is 17.9 Å². The number of carbonyl (C=O) groups excluding carboxylic acids is 2. The molecule has 6 nitrogen and oxygen atoms in total. The topological polar surface area (TPSA) is 70.7 Å². The molecule has 30 heavy (non-hydrogen) atoms. The van der Waals surface area contributed by atoms with Gasteiger partial charge in [-0.15, -0.1) is 0 Å². The van der Waals surface area contributed by atoms with Crippen molar-refractivity contribution in [3.63, 3.8) is 0 Å². The number of benzene rings is 2. The number of amides is 2. The fourth-order valence-electron chi connectivity index (χ4n) is 3.38. The van der Waals surface area contributed by atoms with Gasteiger partial charge in [0.1, 0.15) is 5.60 Å². The fourth-order valence-corrected chi connectivity index (χ4v) is 3.38. The second kappa shape index (κ2) is 9.65. The minimum atomic E-state index is -0.533. The molecule has 3 rings (SSSR count). The molecule has 1 fully saturated rings. The van der Waals surface area contributed by atoms with Gasteiger partial charge in [-0.05, 0) is 63.4 Å². The molecule has 0 aliphatic carbocycles. The van der Waals surface area contributed by atoms with E-state index >= 15 is 0 Å². The summed E-state index contributed by atoms with van der Waals surface area (Å²) in [5.41, 5.74) is 2.53. The van der Waals surface area contributed by atoms with Crippen LogP contribution in [0.4, 0.5) is 16.2 Å². The Balaban J connectivity index is 1.44. The highest BCUT2D eigenvalue weighted by molar-refractivity contribution is 5.93. The minimum absolute atomic E-state index is 0.0640. The van der Waals surface area contributed by atoms with Crippen LogP contribution in [0.1, 0.15) is 32.8 Å². The van der Waals surface area contributed by atoms with Crippen LogP contribution in [0.3, 0.4) is 0 Å². The van der Waals surface area contributed by atoms with Crippen LogP contribution in [0.25, 0.3) is 0 Å². The van der Waals surface area contributed by atoms with E-state index in [9.17, 15) is 9.59 Å². The molecule has 6 heteroatoms. The Morgan fingerprint density at radius 3 is 2.37 bits per heavy atom. The Morgan fingerprint density at radius 1 is 1.03 bits per heavy atom. The highest BCUT2D eigenvalue weighted by atomic mass is 16.6. The zero-order valence-corrected chi connectivity index (χ0v) is 18.0. The summed E-state index contributed by atoms with van der Waals surface area (Å²) in [6.45, 7) is 7.29. The first-order valence-electron chi connectivity index (χ1n) is 10.5. The zero-order valence-electron chi connectivity index (χ0n) is 18.0. The number of rotatable bonds is 6. The minimum Gasteiger partial charge on any atom is -0.444 e. The molecule has 0 spiro atoms. The third-order valence-electron chi connectivity index (χ3n) is 4.95. The summed E-state index contributed by atoms with van der Waals surface area (Å²) in [6, 6.07) is 18.1. The number of carbonyl (C=O) groups is 2. The third kappa shape index (κ3) is 6.51. The molecule has 0 saturated carbocycles. The number of nitrogens with zero attached hydrogens (tertiary/aromatic N) is 1. The molecule has 0 aromatic heterocycles. The number of likely N-dealkylation sites (tertiary alicyclic amines) is 1. The van der Waals surface area contributed by atoms with Crippen LogP contribution >= 0.6 is 0 Å². The first-order chi connectivity index (χ1) is 14.3. The van der Waals surface area contributed by atoms with Gasteiger partial charge in [0.2, 0.25) is 5.91 Å². The molecule has 0 bridgehead atoms. The lowest BCUT2D eigenvalue weighted by Gasteiger charge is -2.24. The van der Waals surface area contributed by atoms with E-state index in [0.717, 1.165) is 24.3 Å². The van der Waals surface area contributed by atoms with E-state index < -0.39 is 5.60 Å². The second-order valence-corrected chi connectivity index (χ2v) is 8.64. The fraction of sp³-hybridized carbons (Fsp3) is 0.417. The van der Waals surface area contributed by atoms with Gasteiger partial charge in [0, 0.05) is 31.0 Å². The quantitative estimate of drug-likeness (QED) is 0.735. The van der Waals surface area contributed by atoms with Crippen LogP contribution in [-0.4, -0.2) is 42.1 Å². The number of ether oxygens (including phenoxy) is 1. The van der Waals surface area contributed by atoms with Gasteiger partial charge in [-0.2, -0.15) is 0 Å². The smallest absolute Gasteiger partial charge is 0.410 e. The van der Waals surface area contributed by atoms with Gasteiger partial charge in [0.05, 0.1) is 5.92 Å². The number of anilines is 2. The standard InChI is InChI=1S/C24H31N3O3/c1-24(2,3)30-23(29)27-16-14-19(17-27)22(28)26-21-11-9-20(10-12-21)25-15-13-18-7-5-4-6-8-18/h4-12,19,25H,13-17H2,1-3H3,(H,26,28). The van der Waals surface area contributed by atoms with E-state index in [1.807, 2.05) is 63.2 Å². The molecule has 0 radical (unpaired) electrons. The normalized spacial score (nSPS) is 16.2. The summed E-state index contributed by atoms with van der Waals surface area (Å²) in [5.74, 6) is -0.285. The van der Waals surface area contributed by atoms with Crippen LogP contribution in [0.5, 0.6) is 0 Å². The summed E-state index contributed by atoms with van der Waals surface area (Å²) in [4.78, 5) is 26.3. The molecular formula is C24H31N3O3. The van der Waals surface area contributed by atoms with Crippen molar-refractivity contribution in [2.45, 2.75) is 39.2 Å². The summed E-state index contributed by atoms with van der Waals surface area (Å²) in [7, 11) is 0. The lowest BCUT2D eigenvalue weighted by Crippen LogP contribution is -2.36. The van der Waals surface area contributed by atoms with Crippen molar-refractivity contribution in [2.75, 3.05) is 30.3 Å². The lowest BCUT2D eigenvalue weighted by atomic mass is 10.1. The van der Waals surface area contributed by atoms with Crippen molar-refractivity contribution in [3.05, 3.63) is 60.2 Å². The Kier molecular flexibility index (Phi) is 6.98. The molecule has 160 valence electrons. The summed E-state index contributed by atoms with van der Waals surface area (Å²) < 4.78 is 5.39. The Bertz CT molecular complexity index is 844. The van der Waals surface area contributed by atoms with Crippen molar-refractivity contribution in [2.24, 2.45) is 5.92 Å². The molecule has 2 aromatic rings. The highest BCUT2D eigenvalue weighted by Gasteiger charge is 2.33. The molecule has 2 amide bonds. The van der Waals surface area contributed by atoms with Crippen LogP contribution in [0.15, 0.2) is 54.6 Å². The van der Waals surface area contributed by atoms with E-state index in [2.05, 4.69) is 22.8 Å². The molecular weight excluding hydrogens is 378 g/mol. The summed E-state index contributed by atoms with van der Waals surface area (Å²) in [5, 5.41) is 6.35. The van der Waals surface area contributed by atoms with Crippen molar-refractivity contribution in [1.82, 2.24) is 4.90 Å². The van der Waals surface area contributed by atoms with E-state index in [1.165, 1.54) is 5.56 Å². The van der Waals surface area contributed by atoms with Crippen LogP contribution in [-0.2, 0) is 16.0 Å². The van der Waals surface area contributed by atoms with E-state index in [4.69, 9.17) is 4.74 Å². The van der Waals surface area contributed by atoms with Crippen molar-refractivity contribution in [3.8, 4) is 0 Å². The molecule has 2 aromatic carbocycles. The molecule has 1 aliphatic heterocycles. The van der Waals surface area contributed by atoms with Gasteiger partial charge in [-0.3, -0.25) is 4.79 Å². The van der Waals surface area contributed by atoms with E-state index in [0.29, 0.717) is 19.5 Å². The lowest BCUT2D eigenvalue weighted by molar-refractivity contribution is -0.119. The monoisotopic (exact) mass is 409 g/mol. The largest absolute Gasteiger partial charge is 0.444 e. The Morgan fingerprint density at radius 2 is 1.70 bits per heavy atom. The number of nitrogens with one attached hydrogen (secondary N) is 2. The van der Waals surface area contributed by atoms with Crippen LogP contribution in [0, 0.1) is 5.92 Å². The first kappa shape index (κ1) is 21.7. The third-order valence-corrected chi connectivity index (χ3v) is 4.95. The summed E-state index contributed by atoms with van der Waals surface area (Å²) >= 11 is 0. The molecule has 1 saturated heterocycles. The van der Waals surface area contributed by atoms with Gasteiger partial charge in [0.15, 0.2) is 0 Å². The predicted octanol–water partition coefficient (Wildman–Crippen LogP) is 4.54. The highest BCUT2D eigenvalue weighted by Crippen LogP contribution is 2.22. The zero-order chi connectivity index (χ0) is 21.6. The maximum atomic E-state index is 12.6. The Hall–Kier alpha value is -3.02. The molecule has 1 aliphatic rings. The van der Waals surface area contributed by atoms with Crippen LogP contribution < -0.4 is 10.6 Å². The van der Waals surface area contributed by atoms with Gasteiger partial charge >= 0.3 is 6.09 Å². The second-order valence-electron chi connectivity index (χ2n) is 8.64. The Labute approximate surface area is 178 Å². The summed E-state index contributed by atoms with van der Waals surface area (Å²) in [6.07, 6.45) is 1.24. The van der Waals surface area contributed by atoms with Crippen LogP contribution in [0.2, 0.25) is 0 Å². The predicted molar refractivity (Wildman–Crippen MR) is 120 cm³/mol. The maximum absolute atomic E-state index is 12.6. The molecule has 1 atom stereocenters. The number of hydrogen-bond donors (Lipinski definition) is 2. The van der Waals surface area contributed by atoms with Crippen molar-refractivity contribution >= 4 is 23.4 Å². The molecule has 2 N–H and O–H groups in total. The maximum Gasteiger partial charge on any atom is 0.410 e. The van der Waals surface area contributed by atoms with E-state index in [1.54, 1.807) is 4.90 Å². The first-order valence-corrected chi connectivity index (χ1v) is 10.5. The SMILES string of the molecule is CC(C)(C)OC(=O)N1CCC(C(=O)Nc2ccc(NCCc3ccccc3)cc2)C1. The average molecular weight is 410 g/mol. The van der Waals surface area contributed by atoms with Gasteiger partial charge in [-0.1, -0.05) is 30.3 Å². The number of hydrogen-bond acceptors (Lipinski definition) is 4. The molecule has 1 unspecified atom stereocenters. The van der Waals surface area contributed by atoms with Gasteiger partial charge < -0.3 is 20.3 Å². The average Bonchev–Trinajstić information content (AvgIpc) is 3.20. The van der Waals surface area contributed by atoms with Crippen molar-refractivity contribution in [1.29, 1.82) is 0 Å². The van der Waals surface area contributed by atoms with Crippen molar-refractivity contribution < 1.29 is 14.3 Å². The van der Waals surface area contributed by atoms with Gasteiger partial charge in [0.25, 0.3) is 0 Å². The van der Waals surface area contributed by atoms with Gasteiger partial charge in [-0.25, -0.2) is 4.79 Å².